The third-order valence-electron chi connectivity index (χ3n) is 8.64. The number of esters is 2. The second-order valence-corrected chi connectivity index (χ2v) is 14.1. The zero-order valence-electron chi connectivity index (χ0n) is 33.8. The molecule has 53 heavy (non-hydrogen) atoms. The molecule has 0 heterocycles. The van der Waals surface area contributed by atoms with E-state index in [0.29, 0.717) is 24.0 Å². The Morgan fingerprint density at radius 2 is 0.830 bits per heavy atom. The van der Waals surface area contributed by atoms with E-state index in [4.69, 9.17) is 9.47 Å². The monoisotopic (exact) mass is 793 g/mol. The molecule has 0 saturated carbocycles. The van der Waals surface area contributed by atoms with Crippen molar-refractivity contribution in [3.63, 3.8) is 0 Å². The van der Waals surface area contributed by atoms with Crippen molar-refractivity contribution in [3.8, 4) is 0 Å². The number of hydrogen-bond acceptors (Lipinski definition) is 8. The van der Waals surface area contributed by atoms with Crippen LogP contribution in [0.4, 0.5) is 0 Å². The summed E-state index contributed by atoms with van der Waals surface area (Å²) >= 11 is 0. The van der Waals surface area contributed by atoms with Crippen molar-refractivity contribution < 1.29 is 55.9 Å². The number of carboxylic acid groups (broad SMARTS) is 2. The number of carbonyl (C=O) groups excluding carboxylic acids is 4. The fourth-order valence-corrected chi connectivity index (χ4v) is 5.41. The van der Waals surface area contributed by atoms with Crippen LogP contribution >= 0.6 is 0 Å². The van der Waals surface area contributed by atoms with Crippen LogP contribution in [0.1, 0.15) is 195 Å². The normalized spacial score (nSPS) is 12.0. The molecule has 309 valence electrons. The summed E-state index contributed by atoms with van der Waals surface area (Å²) in [5.74, 6) is -2.50. The molecule has 9 heteroatoms. The predicted molar refractivity (Wildman–Crippen MR) is 209 cm³/mol. The Kier molecular flexibility index (Phi) is 41.8. The van der Waals surface area contributed by atoms with Gasteiger partial charge in [-0.05, 0) is 90.9 Å². The van der Waals surface area contributed by atoms with E-state index in [9.17, 15) is 29.4 Å². The molecule has 2 atom stereocenters. The Bertz CT molecular complexity index is 939. The van der Waals surface area contributed by atoms with Crippen molar-refractivity contribution >= 4 is 23.9 Å². The van der Waals surface area contributed by atoms with Crippen molar-refractivity contribution in [1.82, 2.24) is 0 Å². The number of hydrogen-bond donors (Lipinski definition) is 0. The number of allylic oxidation sites excluding steroid dienone is 2. The fraction of sp³-hybridized carbons (Fsp3) is 0.727. The van der Waals surface area contributed by atoms with E-state index in [1.807, 2.05) is 0 Å². The maximum Gasteiger partial charge on any atom is 2.00 e. The van der Waals surface area contributed by atoms with Crippen LogP contribution in [0, 0.1) is 0 Å². The van der Waals surface area contributed by atoms with E-state index >= 15 is 0 Å². The first kappa shape index (κ1) is 54.7. The van der Waals surface area contributed by atoms with Crippen LogP contribution in [-0.2, 0) is 45.7 Å². The van der Waals surface area contributed by atoms with Crippen LogP contribution in [0.3, 0.4) is 0 Å². The van der Waals surface area contributed by atoms with Gasteiger partial charge in [0.2, 0.25) is 0 Å². The fourth-order valence-electron chi connectivity index (χ4n) is 5.41. The van der Waals surface area contributed by atoms with Gasteiger partial charge in [0, 0.05) is 35.9 Å². The second kappa shape index (κ2) is 40.5. The Hall–Kier alpha value is -2.64. The number of aliphatic carboxylic acids is 2. The molecule has 0 spiro atoms. The molecular weight excluding hydrogens is 720 g/mol. The van der Waals surface area contributed by atoms with E-state index < -0.39 is 11.9 Å². The average molecular weight is 795 g/mol. The Morgan fingerprint density at radius 1 is 0.509 bits per heavy atom. The molecule has 0 saturated heterocycles. The van der Waals surface area contributed by atoms with Crippen LogP contribution in [-0.4, -0.2) is 36.1 Å². The number of carboxylic acids is 2. The van der Waals surface area contributed by atoms with Gasteiger partial charge in [-0.3, -0.25) is 0 Å². The van der Waals surface area contributed by atoms with Crippen LogP contribution < -0.4 is 10.2 Å². The van der Waals surface area contributed by atoms with E-state index in [1.165, 1.54) is 38.5 Å². The van der Waals surface area contributed by atoms with Gasteiger partial charge >= 0.3 is 29.0 Å². The van der Waals surface area contributed by atoms with Gasteiger partial charge in [-0.15, -0.1) is 0 Å². The molecule has 8 nitrogen and oxygen atoms in total. The van der Waals surface area contributed by atoms with Crippen molar-refractivity contribution in [2.24, 2.45) is 0 Å². The Labute approximate surface area is 334 Å². The van der Waals surface area contributed by atoms with E-state index in [0.717, 1.165) is 103 Å². The first-order chi connectivity index (χ1) is 24.9. The van der Waals surface area contributed by atoms with Crippen molar-refractivity contribution in [2.75, 3.05) is 0 Å². The summed E-state index contributed by atoms with van der Waals surface area (Å²) in [5.41, 5.74) is 0.900. The maximum atomic E-state index is 11.8. The summed E-state index contributed by atoms with van der Waals surface area (Å²) in [5, 5.41) is 20.6. The van der Waals surface area contributed by atoms with Crippen molar-refractivity contribution in [3.05, 3.63) is 48.6 Å². The molecule has 0 aromatic heterocycles. The summed E-state index contributed by atoms with van der Waals surface area (Å²) in [7, 11) is 0. The molecule has 0 aromatic rings. The average Bonchev–Trinajstić information content (AvgIpc) is 3.09. The maximum absolute atomic E-state index is 11.8. The summed E-state index contributed by atoms with van der Waals surface area (Å²) in [6, 6.07) is 0. The molecule has 0 bridgehead atoms. The molecule has 1 radical (unpaired) electrons. The molecule has 0 aliphatic heterocycles. The smallest absolute Gasteiger partial charge is 0.550 e. The first-order valence-electron chi connectivity index (χ1n) is 20.4. The number of unbranched alkanes of at least 4 members (excludes halogenated alkanes) is 16. The van der Waals surface area contributed by atoms with Gasteiger partial charge in [-0.25, -0.2) is 9.59 Å². The van der Waals surface area contributed by atoms with E-state index in [2.05, 4.69) is 51.3 Å². The number of ether oxygens (including phenoxy) is 2. The molecule has 0 aromatic carbocycles. The molecular formula is C44H74CuO8. The standard InChI is InChI=1S/2C22H38O4.Cu/c2*1-4-5-6-13-16-20(26-22(25)19(2)3)17-14-11-9-7-8-10-12-15-18-21(23)24;/h2*11,14,20H,2,4-10,12-13,15-18H2,1,3H3,(H,23,24);/q;;+2/p-2/b2*14-11-;/t2*20-;/m11./s1. The molecule has 0 fully saturated rings. The van der Waals surface area contributed by atoms with Gasteiger partial charge in [0.15, 0.2) is 0 Å². The minimum atomic E-state index is -0.954. The molecule has 0 aliphatic rings. The minimum absolute atomic E-state index is 0. The van der Waals surface area contributed by atoms with Gasteiger partial charge in [0.25, 0.3) is 0 Å². The SMILES string of the molecule is C=C(C)C(=O)O[C@@H](C/C=C\CCCCCCCC(=O)[O-])CCCCCC.C=C(C)C(=O)O[C@@H](C/C=C\CCCCCCCC(=O)[O-])CCCCCC.[Cu+2]. The quantitative estimate of drug-likeness (QED) is 0.0207. The molecule has 0 amide bonds. The zero-order chi connectivity index (χ0) is 39.2. The third-order valence-corrected chi connectivity index (χ3v) is 8.64. The molecule has 0 aliphatic carbocycles. The van der Waals surface area contributed by atoms with Crippen LogP contribution in [0.15, 0.2) is 48.6 Å². The summed E-state index contributed by atoms with van der Waals surface area (Å²) in [6.45, 7) is 15.0. The molecule has 0 rings (SSSR count). The largest absolute Gasteiger partial charge is 2.00 e. The van der Waals surface area contributed by atoms with Crippen LogP contribution in [0.25, 0.3) is 0 Å². The van der Waals surface area contributed by atoms with Crippen molar-refractivity contribution in [1.29, 1.82) is 0 Å². The first-order valence-corrected chi connectivity index (χ1v) is 20.4. The van der Waals surface area contributed by atoms with E-state index in [-0.39, 0.29) is 54.1 Å². The van der Waals surface area contributed by atoms with Crippen molar-refractivity contribution in [2.45, 2.75) is 207 Å². The predicted octanol–water partition coefficient (Wildman–Crippen LogP) is 9.74. The third kappa shape index (κ3) is 42.0. The van der Waals surface area contributed by atoms with Gasteiger partial charge in [-0.1, -0.05) is 128 Å². The number of carbonyl (C=O) groups is 4. The molecule has 0 N–H and O–H groups in total. The Morgan fingerprint density at radius 3 is 1.15 bits per heavy atom. The summed E-state index contributed by atoms with van der Waals surface area (Å²) in [6.07, 6.45) is 33.4. The minimum Gasteiger partial charge on any atom is -0.550 e. The number of rotatable bonds is 34. The second-order valence-electron chi connectivity index (χ2n) is 14.1. The van der Waals surface area contributed by atoms with Crippen LogP contribution in [0.2, 0.25) is 0 Å². The summed E-state index contributed by atoms with van der Waals surface area (Å²) in [4.78, 5) is 44.1. The topological polar surface area (TPSA) is 133 Å². The van der Waals surface area contributed by atoms with Gasteiger partial charge in [-0.2, -0.15) is 0 Å². The Balaban J connectivity index is -0.000000926. The molecule has 0 unspecified atom stereocenters. The van der Waals surface area contributed by atoms with Gasteiger partial charge in [0.05, 0.1) is 0 Å². The van der Waals surface area contributed by atoms with Crippen LogP contribution in [0.5, 0.6) is 0 Å². The zero-order valence-corrected chi connectivity index (χ0v) is 34.8. The van der Waals surface area contributed by atoms with E-state index in [1.54, 1.807) is 13.8 Å². The van der Waals surface area contributed by atoms with Gasteiger partial charge < -0.3 is 29.3 Å². The summed E-state index contributed by atoms with van der Waals surface area (Å²) < 4.78 is 11.1. The van der Waals surface area contributed by atoms with Gasteiger partial charge in [0.1, 0.15) is 12.2 Å².